The summed E-state index contributed by atoms with van der Waals surface area (Å²) in [7, 11) is -2.71. The first-order valence-corrected chi connectivity index (χ1v) is 9.39. The van der Waals surface area contributed by atoms with Crippen molar-refractivity contribution in [2.24, 2.45) is 0 Å². The van der Waals surface area contributed by atoms with Crippen molar-refractivity contribution in [1.82, 2.24) is 4.98 Å². The molecule has 20 heavy (non-hydrogen) atoms. The van der Waals surface area contributed by atoms with Gasteiger partial charge in [-0.15, -0.1) is 0 Å². The largest absolute Gasteiger partial charge is 0.349 e. The molecule has 0 atom stereocenters. The molecule has 0 aliphatic rings. The normalized spacial score (nSPS) is 11.4. The van der Waals surface area contributed by atoms with E-state index in [1.807, 2.05) is 22.6 Å². The third kappa shape index (κ3) is 3.35. The summed E-state index contributed by atoms with van der Waals surface area (Å²) in [5, 5.41) is 2.96. The number of nitrogens with one attached hydrogen (secondary N) is 1. The summed E-state index contributed by atoms with van der Waals surface area (Å²) < 4.78 is 40.6. The fourth-order valence-corrected chi connectivity index (χ4v) is 3.28. The molecule has 1 N–H and O–H groups in total. The predicted molar refractivity (Wildman–Crippen MR) is 85.7 cm³/mol. The molecule has 0 saturated heterocycles. The van der Waals surface area contributed by atoms with Gasteiger partial charge in [-0.25, -0.2) is 9.37 Å². The Labute approximate surface area is 129 Å². The summed E-state index contributed by atoms with van der Waals surface area (Å²) in [6.45, 7) is 3.05. The first-order valence-electron chi connectivity index (χ1n) is 5.71. The Hall–Kier alpha value is -1.01. The van der Waals surface area contributed by atoms with Gasteiger partial charge in [0.1, 0.15) is 18.6 Å². The molecule has 0 aliphatic heterocycles. The van der Waals surface area contributed by atoms with Gasteiger partial charge in [-0.1, -0.05) is 0 Å². The van der Waals surface area contributed by atoms with Gasteiger partial charge in [0, 0.05) is 15.1 Å². The van der Waals surface area contributed by atoms with Gasteiger partial charge in [-0.2, -0.15) is 4.39 Å². The SMILES string of the molecule is CP(C)(=O)c1ccnc(F)c1Nc1ccc(I)cc1F. The fraction of sp³-hybridized carbons (Fsp3) is 0.154. The summed E-state index contributed by atoms with van der Waals surface area (Å²) >= 11 is 1.98. The van der Waals surface area contributed by atoms with Crippen LogP contribution in [0, 0.1) is 15.3 Å². The lowest BCUT2D eigenvalue weighted by Gasteiger charge is -2.15. The van der Waals surface area contributed by atoms with Crippen molar-refractivity contribution in [3.05, 3.63) is 45.8 Å². The molecule has 106 valence electrons. The van der Waals surface area contributed by atoms with Gasteiger partial charge < -0.3 is 9.88 Å². The highest BCUT2D eigenvalue weighted by molar-refractivity contribution is 14.1. The molecule has 0 spiro atoms. The average molecular weight is 408 g/mol. The number of pyridine rings is 1. The van der Waals surface area contributed by atoms with Gasteiger partial charge in [0.25, 0.3) is 0 Å². The van der Waals surface area contributed by atoms with E-state index in [2.05, 4.69) is 10.3 Å². The van der Waals surface area contributed by atoms with Crippen molar-refractivity contribution >= 4 is 46.4 Å². The number of aromatic nitrogens is 1. The minimum absolute atomic E-state index is 0.0408. The minimum Gasteiger partial charge on any atom is -0.349 e. The Balaban J connectivity index is 2.51. The molecule has 0 bridgehead atoms. The van der Waals surface area contributed by atoms with Gasteiger partial charge in [0.05, 0.1) is 5.69 Å². The zero-order valence-corrected chi connectivity index (χ0v) is 13.9. The van der Waals surface area contributed by atoms with E-state index in [4.69, 9.17) is 0 Å². The van der Waals surface area contributed by atoms with Crippen LogP contribution in [0.5, 0.6) is 0 Å². The van der Waals surface area contributed by atoms with Crippen molar-refractivity contribution in [2.75, 3.05) is 18.6 Å². The Bertz CT molecular complexity index is 703. The van der Waals surface area contributed by atoms with E-state index in [9.17, 15) is 13.3 Å². The highest BCUT2D eigenvalue weighted by atomic mass is 127. The van der Waals surface area contributed by atoms with Crippen LogP contribution in [-0.4, -0.2) is 18.3 Å². The number of hydrogen-bond acceptors (Lipinski definition) is 3. The summed E-state index contributed by atoms with van der Waals surface area (Å²) in [6.07, 6.45) is 1.25. The molecular weight excluding hydrogens is 396 g/mol. The molecule has 2 rings (SSSR count). The topological polar surface area (TPSA) is 42.0 Å². The maximum Gasteiger partial charge on any atom is 0.237 e. The molecule has 0 amide bonds. The number of halogens is 3. The Morgan fingerprint density at radius 1 is 1.25 bits per heavy atom. The molecule has 1 aromatic heterocycles. The quantitative estimate of drug-likeness (QED) is 0.475. The molecule has 0 aliphatic carbocycles. The molecule has 3 nitrogen and oxygen atoms in total. The maximum absolute atomic E-state index is 13.9. The molecule has 1 aromatic carbocycles. The first kappa shape index (κ1) is 15.4. The van der Waals surface area contributed by atoms with Crippen molar-refractivity contribution in [3.63, 3.8) is 0 Å². The van der Waals surface area contributed by atoms with E-state index in [1.54, 1.807) is 6.07 Å². The highest BCUT2D eigenvalue weighted by Gasteiger charge is 2.20. The number of benzene rings is 1. The van der Waals surface area contributed by atoms with Crippen LogP contribution in [0.1, 0.15) is 0 Å². The van der Waals surface area contributed by atoms with Crippen LogP contribution >= 0.6 is 29.7 Å². The van der Waals surface area contributed by atoms with E-state index >= 15 is 0 Å². The van der Waals surface area contributed by atoms with Crippen LogP contribution in [-0.2, 0) is 4.57 Å². The number of nitrogens with zero attached hydrogens (tertiary/aromatic N) is 1. The van der Waals surface area contributed by atoms with Crippen LogP contribution < -0.4 is 10.6 Å². The smallest absolute Gasteiger partial charge is 0.237 e. The van der Waals surface area contributed by atoms with Gasteiger partial charge in [-0.3, -0.25) is 0 Å². The number of rotatable bonds is 3. The Morgan fingerprint density at radius 3 is 2.55 bits per heavy atom. The molecule has 0 fully saturated rings. The van der Waals surface area contributed by atoms with Crippen LogP contribution in [0.25, 0.3) is 0 Å². The predicted octanol–water partition coefficient (Wildman–Crippen LogP) is 3.96. The second-order valence-corrected chi connectivity index (χ2v) is 9.03. The van der Waals surface area contributed by atoms with E-state index in [1.165, 1.54) is 37.7 Å². The average Bonchev–Trinajstić information content (AvgIpc) is 2.33. The van der Waals surface area contributed by atoms with Gasteiger partial charge in [-0.05, 0) is 60.2 Å². The molecule has 2 aromatic rings. The second kappa shape index (κ2) is 5.77. The molecule has 7 heteroatoms. The van der Waals surface area contributed by atoms with Gasteiger partial charge in [0.15, 0.2) is 0 Å². The lowest BCUT2D eigenvalue weighted by atomic mass is 10.3. The Morgan fingerprint density at radius 2 is 1.95 bits per heavy atom. The Kier molecular flexibility index (Phi) is 4.44. The zero-order chi connectivity index (χ0) is 14.9. The van der Waals surface area contributed by atoms with Gasteiger partial charge >= 0.3 is 0 Å². The third-order valence-corrected chi connectivity index (χ3v) is 4.86. The van der Waals surface area contributed by atoms with E-state index in [-0.39, 0.29) is 11.4 Å². The zero-order valence-electron chi connectivity index (χ0n) is 10.8. The van der Waals surface area contributed by atoms with Crippen molar-refractivity contribution < 1.29 is 13.3 Å². The molecular formula is C13H12F2IN2OP. The first-order chi connectivity index (χ1) is 9.29. The van der Waals surface area contributed by atoms with E-state index in [0.717, 1.165) is 3.57 Å². The van der Waals surface area contributed by atoms with E-state index < -0.39 is 18.9 Å². The molecule has 0 unspecified atom stereocenters. The van der Waals surface area contributed by atoms with Crippen LogP contribution in [0.4, 0.5) is 20.2 Å². The summed E-state index contributed by atoms with van der Waals surface area (Å²) in [5.41, 5.74) is 0.0768. The molecule has 1 heterocycles. The highest BCUT2D eigenvalue weighted by Crippen LogP contribution is 2.39. The lowest BCUT2D eigenvalue weighted by molar-refractivity contribution is 0.582. The maximum atomic E-state index is 13.9. The second-order valence-electron chi connectivity index (χ2n) is 4.60. The van der Waals surface area contributed by atoms with Crippen molar-refractivity contribution in [1.29, 1.82) is 0 Å². The van der Waals surface area contributed by atoms with Gasteiger partial charge in [0.2, 0.25) is 5.95 Å². The lowest BCUT2D eigenvalue weighted by Crippen LogP contribution is -2.13. The van der Waals surface area contributed by atoms with Crippen molar-refractivity contribution in [2.45, 2.75) is 0 Å². The third-order valence-electron chi connectivity index (χ3n) is 2.65. The van der Waals surface area contributed by atoms with Crippen LogP contribution in [0.3, 0.4) is 0 Å². The van der Waals surface area contributed by atoms with Crippen LogP contribution in [0.15, 0.2) is 30.5 Å². The van der Waals surface area contributed by atoms with Crippen molar-refractivity contribution in [3.8, 4) is 0 Å². The summed E-state index contributed by atoms with van der Waals surface area (Å²) in [5.74, 6) is -1.31. The monoisotopic (exact) mass is 408 g/mol. The number of hydrogen-bond donors (Lipinski definition) is 1. The summed E-state index contributed by atoms with van der Waals surface area (Å²) in [6, 6.07) is 6.01. The number of anilines is 2. The van der Waals surface area contributed by atoms with E-state index in [0.29, 0.717) is 5.30 Å². The fourth-order valence-electron chi connectivity index (χ4n) is 1.72. The summed E-state index contributed by atoms with van der Waals surface area (Å²) in [4.78, 5) is 3.52. The molecule has 0 saturated carbocycles. The van der Waals surface area contributed by atoms with Crippen LogP contribution in [0.2, 0.25) is 0 Å². The molecule has 0 radical (unpaired) electrons. The standard InChI is InChI=1S/C13H12F2IN2OP/c1-20(2,19)11-5-6-17-13(15)12(11)18-10-4-3-8(16)7-9(10)14/h3-7,18H,1-2H3. The minimum atomic E-state index is -2.71.